The third-order valence-electron chi connectivity index (χ3n) is 6.90. The normalized spacial score (nSPS) is 16.3. The molecular weight excluding hydrogens is 444 g/mol. The molecule has 0 spiro atoms. The third-order valence-corrected chi connectivity index (χ3v) is 6.90. The van der Waals surface area contributed by atoms with Gasteiger partial charge in [0.1, 0.15) is 5.75 Å². The fourth-order valence-corrected chi connectivity index (χ4v) is 4.90. The van der Waals surface area contributed by atoms with E-state index in [4.69, 9.17) is 4.74 Å². The number of carbonyl (C=O) groups excluding carboxylic acids is 1. The third kappa shape index (κ3) is 4.49. The van der Waals surface area contributed by atoms with Gasteiger partial charge in [0, 0.05) is 48.7 Å². The molecule has 35 heavy (non-hydrogen) atoms. The molecule has 1 fully saturated rings. The summed E-state index contributed by atoms with van der Waals surface area (Å²) < 4.78 is 5.18. The number of ether oxygens (including phenoxy) is 1. The standard InChI is InChI=1S/C27H31N4O4/c1-20-4-3-5-23(18-20)28-14-16-29(17-15-28)31(33,34)24-8-11-26-22(19-24)12-13-30(26)27(32)21-6-9-25(35-2)10-7-21/h3-11,18-19,33-34H,12-17H2,1-2H3/q+1. The SMILES string of the molecule is COc1ccc(C(=O)N2CCc3cc([N+](O)(O)N4CCN(c5cccc(C)c5)CC4)ccc32)cc1. The number of anilines is 2. The highest BCUT2D eigenvalue weighted by atomic mass is 16.9. The van der Waals surface area contributed by atoms with Crippen LogP contribution in [-0.4, -0.2) is 61.2 Å². The average molecular weight is 476 g/mol. The maximum absolute atomic E-state index is 13.1. The van der Waals surface area contributed by atoms with Gasteiger partial charge in [-0.2, -0.15) is 10.4 Å². The van der Waals surface area contributed by atoms with Crippen molar-refractivity contribution in [1.82, 2.24) is 9.93 Å². The Bertz CT molecular complexity index is 1220. The summed E-state index contributed by atoms with van der Waals surface area (Å²) in [6.07, 6.45) is 0.659. The summed E-state index contributed by atoms with van der Waals surface area (Å²) in [6.45, 7) is 5.01. The van der Waals surface area contributed by atoms with E-state index in [0.29, 0.717) is 56.1 Å². The van der Waals surface area contributed by atoms with Crippen LogP contribution in [0.25, 0.3) is 0 Å². The zero-order valence-corrected chi connectivity index (χ0v) is 20.1. The predicted molar refractivity (Wildman–Crippen MR) is 135 cm³/mol. The quantitative estimate of drug-likeness (QED) is 0.429. The highest BCUT2D eigenvalue weighted by molar-refractivity contribution is 6.07. The summed E-state index contributed by atoms with van der Waals surface area (Å²) in [6, 6.07) is 20.7. The number of quaternary nitrogens is 1. The summed E-state index contributed by atoms with van der Waals surface area (Å²) in [5, 5.41) is 23.7. The Morgan fingerprint density at radius 2 is 1.66 bits per heavy atom. The smallest absolute Gasteiger partial charge is 0.258 e. The predicted octanol–water partition coefficient (Wildman–Crippen LogP) is 4.03. The summed E-state index contributed by atoms with van der Waals surface area (Å²) >= 11 is 0. The second-order valence-corrected chi connectivity index (χ2v) is 9.10. The van der Waals surface area contributed by atoms with Crippen LogP contribution in [0.15, 0.2) is 66.7 Å². The molecule has 0 atom stereocenters. The number of rotatable bonds is 5. The van der Waals surface area contributed by atoms with Crippen molar-refractivity contribution in [3.8, 4) is 5.75 Å². The van der Waals surface area contributed by atoms with E-state index >= 15 is 0 Å². The lowest BCUT2D eigenvalue weighted by Crippen LogP contribution is -2.63. The van der Waals surface area contributed by atoms with Crippen LogP contribution in [0.1, 0.15) is 21.5 Å². The maximum Gasteiger partial charge on any atom is 0.258 e. The molecule has 2 N–H and O–H groups in total. The minimum atomic E-state index is -1.29. The van der Waals surface area contributed by atoms with Gasteiger partial charge in [0.2, 0.25) is 5.69 Å². The van der Waals surface area contributed by atoms with E-state index in [-0.39, 0.29) is 5.91 Å². The molecule has 182 valence electrons. The molecule has 0 bridgehead atoms. The van der Waals surface area contributed by atoms with Crippen LogP contribution in [0.4, 0.5) is 17.1 Å². The Morgan fingerprint density at radius 1 is 0.914 bits per heavy atom. The van der Waals surface area contributed by atoms with Crippen molar-refractivity contribution in [1.29, 1.82) is 0 Å². The number of benzene rings is 3. The number of methoxy groups -OCH3 is 1. The van der Waals surface area contributed by atoms with Crippen molar-refractivity contribution in [3.05, 3.63) is 83.4 Å². The van der Waals surface area contributed by atoms with Crippen molar-refractivity contribution in [2.45, 2.75) is 13.3 Å². The Labute approximate surface area is 205 Å². The Morgan fingerprint density at radius 3 is 2.34 bits per heavy atom. The van der Waals surface area contributed by atoms with Crippen LogP contribution in [0.2, 0.25) is 0 Å². The lowest BCUT2D eigenvalue weighted by molar-refractivity contribution is -0.401. The van der Waals surface area contributed by atoms with E-state index < -0.39 is 4.92 Å². The van der Waals surface area contributed by atoms with Gasteiger partial charge in [-0.1, -0.05) is 17.1 Å². The van der Waals surface area contributed by atoms with Crippen LogP contribution < -0.4 is 19.5 Å². The molecule has 8 nitrogen and oxygen atoms in total. The van der Waals surface area contributed by atoms with E-state index in [2.05, 4.69) is 30.0 Å². The van der Waals surface area contributed by atoms with Gasteiger partial charge in [-0.3, -0.25) is 4.79 Å². The first-order valence-electron chi connectivity index (χ1n) is 11.9. The molecule has 0 unspecified atom stereocenters. The van der Waals surface area contributed by atoms with Crippen molar-refractivity contribution in [3.63, 3.8) is 0 Å². The number of hydrogen-bond donors (Lipinski definition) is 2. The van der Waals surface area contributed by atoms with E-state index in [1.807, 2.05) is 12.1 Å². The number of carbonyl (C=O) groups is 1. The molecule has 1 amide bonds. The van der Waals surface area contributed by atoms with Crippen LogP contribution in [0, 0.1) is 6.92 Å². The first-order valence-corrected chi connectivity index (χ1v) is 11.9. The highest BCUT2D eigenvalue weighted by Gasteiger charge is 2.40. The van der Waals surface area contributed by atoms with Gasteiger partial charge in [-0.05, 0) is 66.9 Å². The Hall–Kier alpha value is -3.43. The van der Waals surface area contributed by atoms with Crippen LogP contribution >= 0.6 is 0 Å². The molecule has 2 aliphatic rings. The van der Waals surface area contributed by atoms with Crippen molar-refractivity contribution in [2.24, 2.45) is 0 Å². The molecule has 0 aliphatic carbocycles. The fraction of sp³-hybridized carbons (Fsp3) is 0.296. The molecule has 0 radical (unpaired) electrons. The number of fused-ring (bicyclic) bond motifs is 1. The molecule has 3 aromatic carbocycles. The first kappa shape index (κ1) is 23.3. The van der Waals surface area contributed by atoms with E-state index in [1.54, 1.807) is 53.4 Å². The lowest BCUT2D eigenvalue weighted by atomic mass is 10.1. The first-order chi connectivity index (χ1) is 16.9. The maximum atomic E-state index is 13.1. The molecular formula is C27H31N4O4+. The summed E-state index contributed by atoms with van der Waals surface area (Å²) in [7, 11) is 1.59. The van der Waals surface area contributed by atoms with Gasteiger partial charge in [0.05, 0.1) is 25.1 Å². The zero-order valence-electron chi connectivity index (χ0n) is 20.1. The minimum absolute atomic E-state index is 0.0832. The molecule has 5 rings (SSSR count). The summed E-state index contributed by atoms with van der Waals surface area (Å²) in [4.78, 5) is 15.8. The monoisotopic (exact) mass is 475 g/mol. The molecule has 2 heterocycles. The number of amides is 1. The van der Waals surface area contributed by atoms with Crippen LogP contribution in [-0.2, 0) is 6.42 Å². The van der Waals surface area contributed by atoms with E-state index in [9.17, 15) is 15.2 Å². The number of piperazine rings is 1. The minimum Gasteiger partial charge on any atom is -0.497 e. The Kier molecular flexibility index (Phi) is 6.21. The summed E-state index contributed by atoms with van der Waals surface area (Å²) in [5.74, 6) is 0.618. The molecule has 1 saturated heterocycles. The van der Waals surface area contributed by atoms with Gasteiger partial charge in [-0.15, -0.1) is 0 Å². The van der Waals surface area contributed by atoms with E-state index in [1.165, 1.54) is 5.56 Å². The van der Waals surface area contributed by atoms with Gasteiger partial charge < -0.3 is 14.5 Å². The van der Waals surface area contributed by atoms with Crippen LogP contribution in [0.3, 0.4) is 0 Å². The van der Waals surface area contributed by atoms with Crippen molar-refractivity contribution < 1.29 is 19.9 Å². The second kappa shape index (κ2) is 9.31. The number of aryl methyl sites for hydroxylation is 1. The molecule has 3 aromatic rings. The highest BCUT2D eigenvalue weighted by Crippen LogP contribution is 2.35. The van der Waals surface area contributed by atoms with Crippen molar-refractivity contribution >= 4 is 23.0 Å². The molecule has 0 aromatic heterocycles. The number of hydrogen-bond acceptors (Lipinski definition) is 6. The second-order valence-electron chi connectivity index (χ2n) is 9.10. The zero-order chi connectivity index (χ0) is 24.6. The van der Waals surface area contributed by atoms with Gasteiger partial charge in [0.15, 0.2) is 0 Å². The molecule has 0 saturated carbocycles. The fourth-order valence-electron chi connectivity index (χ4n) is 4.90. The van der Waals surface area contributed by atoms with Gasteiger partial charge >= 0.3 is 0 Å². The lowest BCUT2D eigenvalue weighted by Gasteiger charge is -2.39. The Balaban J connectivity index is 1.29. The summed E-state index contributed by atoms with van der Waals surface area (Å²) in [5.41, 5.74) is 5.04. The van der Waals surface area contributed by atoms with Crippen molar-refractivity contribution in [2.75, 3.05) is 49.6 Å². The molecule has 2 aliphatic heterocycles. The largest absolute Gasteiger partial charge is 0.497 e. The molecule has 8 heteroatoms. The number of nitrogens with zero attached hydrogens (tertiary/aromatic N) is 4. The van der Waals surface area contributed by atoms with E-state index in [0.717, 1.165) is 16.9 Å². The topological polar surface area (TPSA) is 76.5 Å². The van der Waals surface area contributed by atoms with Gasteiger partial charge in [0.25, 0.3) is 5.91 Å². The van der Waals surface area contributed by atoms with Crippen LogP contribution in [0.5, 0.6) is 5.75 Å². The van der Waals surface area contributed by atoms with Gasteiger partial charge in [-0.25, -0.2) is 0 Å². The average Bonchev–Trinajstić information content (AvgIpc) is 3.32.